The Balaban J connectivity index is 1.95. The van der Waals surface area contributed by atoms with Crippen molar-refractivity contribution in [1.29, 1.82) is 0 Å². The largest absolute Gasteiger partial charge is 0.504 e. The molecule has 5 nitrogen and oxygen atoms in total. The lowest BCUT2D eigenvalue weighted by atomic mass is 10.1. The molecule has 0 saturated carbocycles. The Labute approximate surface area is 116 Å². The molecule has 2 aromatic rings. The molecule has 0 fully saturated rings. The van der Waals surface area contributed by atoms with Gasteiger partial charge in [0.1, 0.15) is 0 Å². The van der Waals surface area contributed by atoms with Gasteiger partial charge in [0, 0.05) is 12.1 Å². The highest BCUT2D eigenvalue weighted by Crippen LogP contribution is 2.35. The van der Waals surface area contributed by atoms with Gasteiger partial charge in [0.15, 0.2) is 17.2 Å². The van der Waals surface area contributed by atoms with Crippen molar-refractivity contribution in [2.75, 3.05) is 6.54 Å². The number of carbonyl (C=O) groups excluding carboxylic acids is 1. The van der Waals surface area contributed by atoms with E-state index in [0.29, 0.717) is 13.0 Å². The summed E-state index contributed by atoms with van der Waals surface area (Å²) in [5.74, 6) is -2.12. The lowest BCUT2D eigenvalue weighted by molar-refractivity contribution is 0.0953. The van der Waals surface area contributed by atoms with Crippen molar-refractivity contribution in [3.63, 3.8) is 0 Å². The number of carbonyl (C=O) groups is 1. The molecular formula is C15H15NO4. The summed E-state index contributed by atoms with van der Waals surface area (Å²) in [6.45, 7) is 0.436. The fourth-order valence-corrected chi connectivity index (χ4v) is 1.80. The first-order valence-electron chi connectivity index (χ1n) is 6.15. The lowest BCUT2D eigenvalue weighted by Gasteiger charge is -2.07. The standard InChI is InChI=1S/C15H15NO4/c17-12-8-11(9-13(18)14(12)19)15(20)16-7-6-10-4-2-1-3-5-10/h1-5,8-9,17-19H,6-7H2,(H,16,20). The number of amides is 1. The van der Waals surface area contributed by atoms with E-state index < -0.39 is 23.2 Å². The number of nitrogens with one attached hydrogen (secondary N) is 1. The number of aromatic hydroxyl groups is 3. The van der Waals surface area contributed by atoms with E-state index >= 15 is 0 Å². The highest BCUT2D eigenvalue weighted by atomic mass is 16.3. The van der Waals surface area contributed by atoms with Crippen LogP contribution in [0.4, 0.5) is 0 Å². The molecule has 0 saturated heterocycles. The first kappa shape index (κ1) is 13.7. The molecule has 0 atom stereocenters. The zero-order chi connectivity index (χ0) is 14.5. The summed E-state index contributed by atoms with van der Waals surface area (Å²) in [5, 5.41) is 30.6. The third kappa shape index (κ3) is 3.20. The molecule has 0 aliphatic carbocycles. The predicted molar refractivity (Wildman–Crippen MR) is 73.9 cm³/mol. The van der Waals surface area contributed by atoms with Crippen molar-refractivity contribution in [3.05, 3.63) is 53.6 Å². The topological polar surface area (TPSA) is 89.8 Å². The van der Waals surface area contributed by atoms with Crippen molar-refractivity contribution >= 4 is 5.91 Å². The molecule has 0 aliphatic rings. The van der Waals surface area contributed by atoms with Crippen LogP contribution in [-0.2, 0) is 6.42 Å². The average Bonchev–Trinajstić information content (AvgIpc) is 2.45. The Kier molecular flexibility index (Phi) is 4.10. The Morgan fingerprint density at radius 3 is 2.20 bits per heavy atom. The SMILES string of the molecule is O=C(NCCc1ccccc1)c1cc(O)c(O)c(O)c1. The van der Waals surface area contributed by atoms with Gasteiger partial charge in [-0.05, 0) is 24.1 Å². The number of phenols is 3. The van der Waals surface area contributed by atoms with E-state index in [1.54, 1.807) is 0 Å². The van der Waals surface area contributed by atoms with Crippen LogP contribution in [0.3, 0.4) is 0 Å². The van der Waals surface area contributed by atoms with E-state index in [-0.39, 0.29) is 5.56 Å². The average molecular weight is 273 g/mol. The first-order chi connectivity index (χ1) is 9.58. The minimum Gasteiger partial charge on any atom is -0.504 e. The van der Waals surface area contributed by atoms with Crippen LogP contribution in [0.25, 0.3) is 0 Å². The molecule has 0 aliphatic heterocycles. The van der Waals surface area contributed by atoms with Crippen molar-refractivity contribution in [2.45, 2.75) is 6.42 Å². The van der Waals surface area contributed by atoms with Gasteiger partial charge in [-0.1, -0.05) is 30.3 Å². The van der Waals surface area contributed by atoms with Crippen LogP contribution in [0.1, 0.15) is 15.9 Å². The smallest absolute Gasteiger partial charge is 0.251 e. The zero-order valence-corrected chi connectivity index (χ0v) is 10.7. The summed E-state index contributed by atoms with van der Waals surface area (Å²) in [7, 11) is 0. The van der Waals surface area contributed by atoms with Crippen LogP contribution in [0, 0.1) is 0 Å². The Morgan fingerprint density at radius 1 is 1.00 bits per heavy atom. The molecule has 0 bridgehead atoms. The van der Waals surface area contributed by atoms with Gasteiger partial charge in [0.25, 0.3) is 5.91 Å². The van der Waals surface area contributed by atoms with Gasteiger partial charge in [0.2, 0.25) is 0 Å². The fourth-order valence-electron chi connectivity index (χ4n) is 1.80. The second-order valence-corrected chi connectivity index (χ2v) is 4.35. The zero-order valence-electron chi connectivity index (χ0n) is 10.7. The molecule has 0 radical (unpaired) electrons. The molecule has 20 heavy (non-hydrogen) atoms. The molecule has 0 aromatic heterocycles. The van der Waals surface area contributed by atoms with Crippen LogP contribution in [-0.4, -0.2) is 27.8 Å². The van der Waals surface area contributed by atoms with E-state index in [4.69, 9.17) is 0 Å². The van der Waals surface area contributed by atoms with Gasteiger partial charge in [-0.3, -0.25) is 4.79 Å². The molecule has 1 amide bonds. The lowest BCUT2D eigenvalue weighted by Crippen LogP contribution is -2.25. The van der Waals surface area contributed by atoms with E-state index in [9.17, 15) is 20.1 Å². The number of rotatable bonds is 4. The maximum atomic E-state index is 11.8. The molecule has 4 N–H and O–H groups in total. The van der Waals surface area contributed by atoms with Crippen LogP contribution in [0.2, 0.25) is 0 Å². The van der Waals surface area contributed by atoms with E-state index in [1.165, 1.54) is 0 Å². The quantitative estimate of drug-likeness (QED) is 0.639. The third-order valence-electron chi connectivity index (χ3n) is 2.87. The maximum absolute atomic E-state index is 11.8. The minimum absolute atomic E-state index is 0.0888. The van der Waals surface area contributed by atoms with Gasteiger partial charge >= 0.3 is 0 Å². The van der Waals surface area contributed by atoms with Gasteiger partial charge in [-0.25, -0.2) is 0 Å². The summed E-state index contributed by atoms with van der Waals surface area (Å²) >= 11 is 0. The first-order valence-corrected chi connectivity index (χ1v) is 6.15. The Hall–Kier alpha value is -2.69. The van der Waals surface area contributed by atoms with Gasteiger partial charge in [-0.2, -0.15) is 0 Å². The highest BCUT2D eigenvalue weighted by Gasteiger charge is 2.12. The molecule has 2 aromatic carbocycles. The molecule has 5 heteroatoms. The predicted octanol–water partition coefficient (Wildman–Crippen LogP) is 1.78. The van der Waals surface area contributed by atoms with Crippen molar-refractivity contribution < 1.29 is 20.1 Å². The van der Waals surface area contributed by atoms with E-state index in [1.807, 2.05) is 30.3 Å². The molecular weight excluding hydrogens is 258 g/mol. The van der Waals surface area contributed by atoms with Crippen LogP contribution in [0.15, 0.2) is 42.5 Å². The maximum Gasteiger partial charge on any atom is 0.251 e. The Bertz CT molecular complexity index is 588. The highest BCUT2D eigenvalue weighted by molar-refractivity contribution is 5.95. The number of phenolic OH excluding ortho intramolecular Hbond substituents is 3. The fraction of sp³-hybridized carbons (Fsp3) is 0.133. The van der Waals surface area contributed by atoms with Crippen LogP contribution >= 0.6 is 0 Å². The summed E-state index contributed by atoms with van der Waals surface area (Å²) < 4.78 is 0. The van der Waals surface area contributed by atoms with Crippen LogP contribution in [0.5, 0.6) is 17.2 Å². The second-order valence-electron chi connectivity index (χ2n) is 4.35. The van der Waals surface area contributed by atoms with Crippen LogP contribution < -0.4 is 5.32 Å². The molecule has 0 heterocycles. The van der Waals surface area contributed by atoms with Gasteiger partial charge in [0.05, 0.1) is 0 Å². The summed E-state index contributed by atoms with van der Waals surface area (Å²) in [4.78, 5) is 11.8. The van der Waals surface area contributed by atoms with E-state index in [2.05, 4.69) is 5.32 Å². The summed E-state index contributed by atoms with van der Waals surface area (Å²) in [6.07, 6.45) is 0.683. The number of hydrogen-bond donors (Lipinski definition) is 4. The molecule has 2 rings (SSSR count). The van der Waals surface area contributed by atoms with Crippen molar-refractivity contribution in [3.8, 4) is 17.2 Å². The number of hydrogen-bond acceptors (Lipinski definition) is 4. The molecule has 0 spiro atoms. The van der Waals surface area contributed by atoms with Crippen molar-refractivity contribution in [1.82, 2.24) is 5.32 Å². The monoisotopic (exact) mass is 273 g/mol. The second kappa shape index (κ2) is 5.97. The third-order valence-corrected chi connectivity index (χ3v) is 2.87. The van der Waals surface area contributed by atoms with Crippen molar-refractivity contribution in [2.24, 2.45) is 0 Å². The molecule has 0 unspecified atom stereocenters. The molecule has 104 valence electrons. The van der Waals surface area contributed by atoms with Gasteiger partial charge in [-0.15, -0.1) is 0 Å². The normalized spacial score (nSPS) is 10.2. The summed E-state index contributed by atoms with van der Waals surface area (Å²) in [6, 6.07) is 11.9. The Morgan fingerprint density at radius 2 is 1.60 bits per heavy atom. The van der Waals surface area contributed by atoms with Gasteiger partial charge < -0.3 is 20.6 Å². The van der Waals surface area contributed by atoms with E-state index in [0.717, 1.165) is 17.7 Å². The minimum atomic E-state index is -0.633. The number of benzene rings is 2. The summed E-state index contributed by atoms with van der Waals surface area (Å²) in [5.41, 5.74) is 1.19.